The van der Waals surface area contributed by atoms with Crippen molar-refractivity contribution in [1.29, 1.82) is 0 Å². The van der Waals surface area contributed by atoms with Gasteiger partial charge >= 0.3 is 0 Å². The number of rotatable bonds is 5. The summed E-state index contributed by atoms with van der Waals surface area (Å²) in [5.41, 5.74) is 1.82. The number of hydrogen-bond donors (Lipinski definition) is 0. The van der Waals surface area contributed by atoms with Gasteiger partial charge < -0.3 is 9.64 Å². The normalized spacial score (nSPS) is 15.5. The fourth-order valence-corrected chi connectivity index (χ4v) is 4.28. The Morgan fingerprint density at radius 2 is 1.88 bits per heavy atom. The van der Waals surface area contributed by atoms with E-state index in [4.69, 9.17) is 16.3 Å². The smallest absolute Gasteiger partial charge is 0.246 e. The van der Waals surface area contributed by atoms with Crippen LogP contribution in [-0.2, 0) is 21.3 Å². The van der Waals surface area contributed by atoms with Crippen LogP contribution in [0.3, 0.4) is 0 Å². The van der Waals surface area contributed by atoms with Crippen LogP contribution in [0.1, 0.15) is 5.56 Å². The SMILES string of the molecule is CN(Cc1ccccc1N1CCOCC1)S(=O)(=O)c1ccc(Cl)cc1F. The Morgan fingerprint density at radius 1 is 1.19 bits per heavy atom. The van der Waals surface area contributed by atoms with Crippen LogP contribution in [0.2, 0.25) is 5.02 Å². The molecule has 1 aliphatic heterocycles. The lowest BCUT2D eigenvalue weighted by atomic mass is 10.1. The summed E-state index contributed by atoms with van der Waals surface area (Å²) >= 11 is 5.72. The Balaban J connectivity index is 1.86. The van der Waals surface area contributed by atoms with E-state index in [0.29, 0.717) is 13.2 Å². The number of nitrogens with zero attached hydrogens (tertiary/aromatic N) is 2. The minimum atomic E-state index is -3.98. The van der Waals surface area contributed by atoms with Gasteiger partial charge in [-0.2, -0.15) is 4.31 Å². The molecule has 1 saturated heterocycles. The summed E-state index contributed by atoms with van der Waals surface area (Å²) in [5, 5.41) is 0.154. The van der Waals surface area contributed by atoms with E-state index in [9.17, 15) is 12.8 Å². The van der Waals surface area contributed by atoms with E-state index in [1.807, 2.05) is 24.3 Å². The van der Waals surface area contributed by atoms with Crippen LogP contribution in [0.15, 0.2) is 47.4 Å². The molecule has 0 amide bonds. The Labute approximate surface area is 158 Å². The van der Waals surface area contributed by atoms with E-state index in [0.717, 1.165) is 34.7 Å². The van der Waals surface area contributed by atoms with Crippen LogP contribution in [0.25, 0.3) is 0 Å². The zero-order valence-corrected chi connectivity index (χ0v) is 15.9. The van der Waals surface area contributed by atoms with Crippen molar-refractivity contribution in [3.05, 3.63) is 58.9 Å². The van der Waals surface area contributed by atoms with Crippen molar-refractivity contribution in [2.24, 2.45) is 0 Å². The van der Waals surface area contributed by atoms with E-state index in [1.54, 1.807) is 0 Å². The second kappa shape index (κ2) is 7.92. The number of sulfonamides is 1. The fourth-order valence-electron chi connectivity index (χ4n) is 2.93. The van der Waals surface area contributed by atoms with E-state index in [2.05, 4.69) is 4.90 Å². The van der Waals surface area contributed by atoms with Crippen molar-refractivity contribution in [3.8, 4) is 0 Å². The van der Waals surface area contributed by atoms with E-state index >= 15 is 0 Å². The molecule has 0 aromatic heterocycles. The number of anilines is 1. The van der Waals surface area contributed by atoms with Crippen molar-refractivity contribution in [3.63, 3.8) is 0 Å². The first-order valence-corrected chi connectivity index (χ1v) is 10.0. The van der Waals surface area contributed by atoms with Crippen LogP contribution in [0, 0.1) is 5.82 Å². The highest BCUT2D eigenvalue weighted by molar-refractivity contribution is 7.89. The van der Waals surface area contributed by atoms with E-state index < -0.39 is 15.8 Å². The zero-order valence-electron chi connectivity index (χ0n) is 14.4. The van der Waals surface area contributed by atoms with Gasteiger partial charge in [-0.05, 0) is 29.8 Å². The first kappa shape index (κ1) is 19.1. The van der Waals surface area contributed by atoms with Crippen molar-refractivity contribution in [2.75, 3.05) is 38.3 Å². The number of para-hydroxylation sites is 1. The van der Waals surface area contributed by atoms with E-state index in [-0.39, 0.29) is 16.5 Å². The molecule has 1 heterocycles. The van der Waals surface area contributed by atoms with Crippen LogP contribution < -0.4 is 4.90 Å². The molecule has 26 heavy (non-hydrogen) atoms. The molecule has 0 atom stereocenters. The summed E-state index contributed by atoms with van der Waals surface area (Å²) in [6, 6.07) is 11.2. The molecule has 3 rings (SSSR count). The number of morpholine rings is 1. The summed E-state index contributed by atoms with van der Waals surface area (Å²) in [6.07, 6.45) is 0. The minimum absolute atomic E-state index is 0.137. The zero-order chi connectivity index (χ0) is 18.7. The van der Waals surface area contributed by atoms with Gasteiger partial charge in [0, 0.05) is 37.4 Å². The van der Waals surface area contributed by atoms with Crippen molar-refractivity contribution >= 4 is 27.3 Å². The van der Waals surface area contributed by atoms with Gasteiger partial charge in [-0.1, -0.05) is 29.8 Å². The molecular formula is C18H20ClFN2O3S. The second-order valence-electron chi connectivity index (χ2n) is 6.06. The van der Waals surface area contributed by atoms with Crippen LogP contribution in [0.5, 0.6) is 0 Å². The average molecular weight is 399 g/mol. The summed E-state index contributed by atoms with van der Waals surface area (Å²) in [6.45, 7) is 2.91. The van der Waals surface area contributed by atoms with Crippen LogP contribution in [0.4, 0.5) is 10.1 Å². The third-order valence-electron chi connectivity index (χ3n) is 4.32. The number of hydrogen-bond acceptors (Lipinski definition) is 4. The molecule has 0 spiro atoms. The molecule has 0 unspecified atom stereocenters. The van der Waals surface area contributed by atoms with Crippen molar-refractivity contribution in [2.45, 2.75) is 11.4 Å². The van der Waals surface area contributed by atoms with Gasteiger partial charge in [0.2, 0.25) is 10.0 Å². The number of halogens is 2. The molecular weight excluding hydrogens is 379 g/mol. The molecule has 2 aromatic rings. The lowest BCUT2D eigenvalue weighted by Crippen LogP contribution is -2.37. The molecule has 0 bridgehead atoms. The first-order chi connectivity index (χ1) is 12.4. The van der Waals surface area contributed by atoms with Gasteiger partial charge in [0.05, 0.1) is 13.2 Å². The average Bonchev–Trinajstić information content (AvgIpc) is 2.62. The molecule has 2 aromatic carbocycles. The van der Waals surface area contributed by atoms with Gasteiger partial charge in [0.25, 0.3) is 0 Å². The van der Waals surface area contributed by atoms with Crippen LogP contribution >= 0.6 is 11.6 Å². The molecule has 0 radical (unpaired) electrons. The van der Waals surface area contributed by atoms with Crippen molar-refractivity contribution < 1.29 is 17.5 Å². The topological polar surface area (TPSA) is 49.9 Å². The van der Waals surface area contributed by atoms with Gasteiger partial charge in [0.15, 0.2) is 0 Å². The minimum Gasteiger partial charge on any atom is -0.378 e. The Morgan fingerprint density at radius 3 is 2.58 bits per heavy atom. The summed E-state index contributed by atoms with van der Waals surface area (Å²) in [5.74, 6) is -0.856. The highest BCUT2D eigenvalue weighted by Crippen LogP contribution is 2.26. The van der Waals surface area contributed by atoms with Gasteiger partial charge in [-0.3, -0.25) is 0 Å². The lowest BCUT2D eigenvalue weighted by molar-refractivity contribution is 0.122. The number of benzene rings is 2. The third kappa shape index (κ3) is 4.01. The lowest BCUT2D eigenvalue weighted by Gasteiger charge is -2.31. The van der Waals surface area contributed by atoms with Gasteiger partial charge in [0.1, 0.15) is 10.7 Å². The maximum absolute atomic E-state index is 14.1. The molecule has 0 saturated carbocycles. The highest BCUT2D eigenvalue weighted by atomic mass is 35.5. The third-order valence-corrected chi connectivity index (χ3v) is 6.39. The van der Waals surface area contributed by atoms with Gasteiger partial charge in [-0.25, -0.2) is 12.8 Å². The predicted molar refractivity (Wildman–Crippen MR) is 99.5 cm³/mol. The monoisotopic (exact) mass is 398 g/mol. The van der Waals surface area contributed by atoms with Crippen LogP contribution in [-0.4, -0.2) is 46.1 Å². The fraction of sp³-hybridized carbons (Fsp3) is 0.333. The second-order valence-corrected chi connectivity index (χ2v) is 8.51. The summed E-state index contributed by atoms with van der Waals surface area (Å²) in [7, 11) is -2.53. The Kier molecular flexibility index (Phi) is 5.82. The Bertz CT molecular complexity index is 886. The first-order valence-electron chi connectivity index (χ1n) is 8.21. The molecule has 1 aliphatic rings. The van der Waals surface area contributed by atoms with Gasteiger partial charge in [-0.15, -0.1) is 0 Å². The summed E-state index contributed by atoms with van der Waals surface area (Å²) in [4.78, 5) is 1.79. The van der Waals surface area contributed by atoms with Crippen molar-refractivity contribution in [1.82, 2.24) is 4.31 Å². The predicted octanol–water partition coefficient (Wildman–Crippen LogP) is 3.14. The number of ether oxygens (including phenoxy) is 1. The Hall–Kier alpha value is -1.67. The summed E-state index contributed by atoms with van der Waals surface area (Å²) < 4.78 is 46.2. The maximum Gasteiger partial charge on any atom is 0.246 e. The maximum atomic E-state index is 14.1. The molecule has 140 valence electrons. The molecule has 5 nitrogen and oxygen atoms in total. The largest absolute Gasteiger partial charge is 0.378 e. The standard InChI is InChI=1S/C18H20ClFN2O3S/c1-21(26(23,24)18-7-6-15(19)12-16(18)20)13-14-4-2-3-5-17(14)22-8-10-25-11-9-22/h2-7,12H,8-11,13H2,1H3. The molecule has 0 N–H and O–H groups in total. The van der Waals surface area contributed by atoms with E-state index in [1.165, 1.54) is 19.2 Å². The quantitative estimate of drug-likeness (QED) is 0.776. The molecule has 1 fully saturated rings. The molecule has 8 heteroatoms. The molecule has 0 aliphatic carbocycles. The highest BCUT2D eigenvalue weighted by Gasteiger charge is 2.26.